The first-order valence-electron chi connectivity index (χ1n) is 5.45. The molecule has 88 valence electrons. The second-order valence-corrected chi connectivity index (χ2v) is 4.18. The maximum absolute atomic E-state index is 12.7. The maximum Gasteiger partial charge on any atom is 0.276 e. The first-order valence-corrected chi connectivity index (χ1v) is 5.45. The lowest BCUT2D eigenvalue weighted by molar-refractivity contribution is 0.410. The zero-order valence-corrected chi connectivity index (χ0v) is 9.01. The van der Waals surface area contributed by atoms with Gasteiger partial charge in [0.25, 0.3) is 5.89 Å². The predicted octanol–water partition coefficient (Wildman–Crippen LogP) is 1.68. The normalized spacial score (nSPS) is 17.1. The first kappa shape index (κ1) is 10.3. The average molecular weight is 234 g/mol. The Balaban J connectivity index is 1.86. The summed E-state index contributed by atoms with van der Waals surface area (Å²) >= 11 is 0. The number of pyridine rings is 1. The fourth-order valence-corrected chi connectivity index (χ4v) is 1.64. The zero-order valence-electron chi connectivity index (χ0n) is 9.01. The molecule has 1 saturated carbocycles. The van der Waals surface area contributed by atoms with Gasteiger partial charge in [0, 0.05) is 0 Å². The van der Waals surface area contributed by atoms with E-state index in [1.807, 2.05) is 0 Å². The van der Waals surface area contributed by atoms with E-state index >= 15 is 0 Å². The van der Waals surface area contributed by atoms with Crippen LogP contribution in [0, 0.1) is 11.7 Å². The summed E-state index contributed by atoms with van der Waals surface area (Å²) in [5.74, 6) is 0.828. The van der Waals surface area contributed by atoms with Crippen LogP contribution >= 0.6 is 0 Å². The lowest BCUT2D eigenvalue weighted by atomic mass is 10.2. The molecular formula is C11H11FN4O. The summed E-state index contributed by atoms with van der Waals surface area (Å²) < 4.78 is 17.8. The van der Waals surface area contributed by atoms with Gasteiger partial charge in [-0.2, -0.15) is 4.98 Å². The lowest BCUT2D eigenvalue weighted by Gasteiger charge is -2.01. The smallest absolute Gasteiger partial charge is 0.276 e. The number of rotatable bonds is 3. The average Bonchev–Trinajstić information content (AvgIpc) is 3.07. The summed E-state index contributed by atoms with van der Waals surface area (Å²) in [4.78, 5) is 8.05. The summed E-state index contributed by atoms with van der Waals surface area (Å²) in [5, 5.41) is 3.83. The summed E-state index contributed by atoms with van der Waals surface area (Å²) in [6.45, 7) is 0. The second kappa shape index (κ2) is 3.89. The van der Waals surface area contributed by atoms with Gasteiger partial charge in [-0.3, -0.25) is 0 Å². The van der Waals surface area contributed by atoms with Gasteiger partial charge in [0.05, 0.1) is 12.2 Å². The van der Waals surface area contributed by atoms with Gasteiger partial charge in [0.15, 0.2) is 5.82 Å². The van der Waals surface area contributed by atoms with Gasteiger partial charge in [-0.15, -0.1) is 0 Å². The molecule has 2 aromatic rings. The van der Waals surface area contributed by atoms with E-state index in [0.29, 0.717) is 17.4 Å². The van der Waals surface area contributed by atoms with Gasteiger partial charge in [-0.05, 0) is 30.9 Å². The maximum atomic E-state index is 12.7. The first-order chi connectivity index (χ1) is 8.24. The van der Waals surface area contributed by atoms with Gasteiger partial charge in [0.2, 0.25) is 0 Å². The number of nitrogens with zero attached hydrogens (tertiary/aromatic N) is 3. The minimum Gasteiger partial charge on any atom is -0.332 e. The molecule has 1 fully saturated rings. The Kier molecular flexibility index (Phi) is 2.36. The molecule has 0 aromatic carbocycles. The van der Waals surface area contributed by atoms with Crippen LogP contribution in [0.15, 0.2) is 22.9 Å². The van der Waals surface area contributed by atoms with Crippen LogP contribution in [0.25, 0.3) is 11.6 Å². The molecule has 1 aliphatic rings. The Labute approximate surface area is 96.9 Å². The number of halogens is 1. The van der Waals surface area contributed by atoms with E-state index in [1.54, 1.807) is 0 Å². The van der Waals surface area contributed by atoms with Crippen LogP contribution in [0.4, 0.5) is 4.39 Å². The highest BCUT2D eigenvalue weighted by Crippen LogP contribution is 2.38. The standard InChI is InChI=1S/C11H11FN4O/c12-7-3-4-8(14-5-7)11-15-10(16-17-11)9(13)6-1-2-6/h3-6,9H,1-2,13H2. The van der Waals surface area contributed by atoms with Crippen LogP contribution in [-0.4, -0.2) is 15.1 Å². The molecule has 1 atom stereocenters. The molecule has 2 heterocycles. The van der Waals surface area contributed by atoms with E-state index in [2.05, 4.69) is 15.1 Å². The van der Waals surface area contributed by atoms with Gasteiger partial charge in [-0.25, -0.2) is 9.37 Å². The molecule has 6 heteroatoms. The van der Waals surface area contributed by atoms with Crippen molar-refractivity contribution in [3.63, 3.8) is 0 Å². The minimum atomic E-state index is -0.400. The molecule has 0 amide bonds. The molecule has 0 radical (unpaired) electrons. The van der Waals surface area contributed by atoms with Crippen molar-refractivity contribution in [1.82, 2.24) is 15.1 Å². The Morgan fingerprint density at radius 1 is 1.41 bits per heavy atom. The van der Waals surface area contributed by atoms with Gasteiger partial charge in [0.1, 0.15) is 11.5 Å². The van der Waals surface area contributed by atoms with Crippen LogP contribution in [0.5, 0.6) is 0 Å². The molecule has 0 spiro atoms. The van der Waals surface area contributed by atoms with Crippen molar-refractivity contribution in [2.24, 2.45) is 11.7 Å². The van der Waals surface area contributed by atoms with Gasteiger partial charge in [-0.1, -0.05) is 5.16 Å². The Bertz CT molecular complexity index is 521. The third kappa shape index (κ3) is 2.03. The van der Waals surface area contributed by atoms with Crippen molar-refractivity contribution < 1.29 is 8.91 Å². The number of hydrogen-bond acceptors (Lipinski definition) is 5. The summed E-state index contributed by atoms with van der Waals surface area (Å²) in [6.07, 6.45) is 3.33. The van der Waals surface area contributed by atoms with Crippen LogP contribution in [-0.2, 0) is 0 Å². The third-order valence-electron chi connectivity index (χ3n) is 2.82. The molecule has 17 heavy (non-hydrogen) atoms. The SMILES string of the molecule is NC(c1noc(-c2ccc(F)cn2)n1)C1CC1. The van der Waals surface area contributed by atoms with Crippen LogP contribution < -0.4 is 5.73 Å². The molecule has 2 aromatic heterocycles. The second-order valence-electron chi connectivity index (χ2n) is 4.18. The molecule has 2 N–H and O–H groups in total. The highest BCUT2D eigenvalue weighted by molar-refractivity contribution is 5.45. The largest absolute Gasteiger partial charge is 0.332 e. The summed E-state index contributed by atoms with van der Waals surface area (Å²) in [6, 6.07) is 2.62. The third-order valence-corrected chi connectivity index (χ3v) is 2.82. The number of hydrogen-bond donors (Lipinski definition) is 1. The summed E-state index contributed by atoms with van der Waals surface area (Å²) in [7, 11) is 0. The molecule has 1 unspecified atom stereocenters. The van der Waals surface area contributed by atoms with Gasteiger partial charge < -0.3 is 10.3 Å². The number of aromatic nitrogens is 3. The van der Waals surface area contributed by atoms with Crippen molar-refractivity contribution in [2.75, 3.05) is 0 Å². The number of nitrogens with two attached hydrogens (primary N) is 1. The highest BCUT2D eigenvalue weighted by atomic mass is 19.1. The molecule has 5 nitrogen and oxygen atoms in total. The molecule has 1 aliphatic carbocycles. The van der Waals surface area contributed by atoms with Crippen molar-refractivity contribution in [2.45, 2.75) is 18.9 Å². The van der Waals surface area contributed by atoms with E-state index in [4.69, 9.17) is 10.3 Å². The van der Waals surface area contributed by atoms with Crippen molar-refractivity contribution in [3.05, 3.63) is 30.0 Å². The molecule has 0 bridgehead atoms. The Hall–Kier alpha value is -1.82. The van der Waals surface area contributed by atoms with Crippen molar-refractivity contribution >= 4 is 0 Å². The molecular weight excluding hydrogens is 223 g/mol. The lowest BCUT2D eigenvalue weighted by Crippen LogP contribution is -2.13. The highest BCUT2D eigenvalue weighted by Gasteiger charge is 2.32. The predicted molar refractivity (Wildman–Crippen MR) is 57.1 cm³/mol. The van der Waals surface area contributed by atoms with Crippen molar-refractivity contribution in [3.8, 4) is 11.6 Å². The van der Waals surface area contributed by atoms with E-state index in [9.17, 15) is 4.39 Å². The fourth-order valence-electron chi connectivity index (χ4n) is 1.64. The van der Waals surface area contributed by atoms with E-state index in [1.165, 1.54) is 12.1 Å². The molecule has 0 aliphatic heterocycles. The van der Waals surface area contributed by atoms with Crippen LogP contribution in [0.2, 0.25) is 0 Å². The minimum absolute atomic E-state index is 0.173. The van der Waals surface area contributed by atoms with E-state index < -0.39 is 5.82 Å². The quantitative estimate of drug-likeness (QED) is 0.874. The Morgan fingerprint density at radius 3 is 2.88 bits per heavy atom. The van der Waals surface area contributed by atoms with E-state index in [0.717, 1.165) is 19.0 Å². The van der Waals surface area contributed by atoms with E-state index in [-0.39, 0.29) is 11.9 Å². The topological polar surface area (TPSA) is 77.8 Å². The Morgan fingerprint density at radius 2 is 2.24 bits per heavy atom. The monoisotopic (exact) mass is 234 g/mol. The van der Waals surface area contributed by atoms with Crippen LogP contribution in [0.1, 0.15) is 24.7 Å². The zero-order chi connectivity index (χ0) is 11.8. The van der Waals surface area contributed by atoms with Crippen LogP contribution in [0.3, 0.4) is 0 Å². The van der Waals surface area contributed by atoms with Gasteiger partial charge >= 0.3 is 0 Å². The fraction of sp³-hybridized carbons (Fsp3) is 0.364. The summed E-state index contributed by atoms with van der Waals surface area (Å²) in [5.41, 5.74) is 6.40. The molecule has 0 saturated heterocycles. The van der Waals surface area contributed by atoms with Crippen molar-refractivity contribution in [1.29, 1.82) is 0 Å². The molecule has 3 rings (SSSR count).